The summed E-state index contributed by atoms with van der Waals surface area (Å²) in [6.07, 6.45) is 0. The molecule has 1 unspecified atom stereocenters. The zero-order valence-electron chi connectivity index (χ0n) is 8.14. The normalized spacial score (nSPS) is 19.5. The molecule has 0 bridgehead atoms. The average Bonchev–Trinajstić information content (AvgIpc) is 2.39. The number of sulfone groups is 1. The van der Waals surface area contributed by atoms with Crippen molar-refractivity contribution in [1.82, 2.24) is 0 Å². The highest BCUT2D eigenvalue weighted by atomic mass is 32.2. The van der Waals surface area contributed by atoms with Crippen molar-refractivity contribution in [2.75, 3.05) is 0 Å². The lowest BCUT2D eigenvalue weighted by molar-refractivity contribution is 0.459. The molecule has 3 N–H and O–H groups in total. The van der Waals surface area contributed by atoms with E-state index in [0.717, 1.165) is 5.41 Å². The molecule has 1 atom stereocenters. The molecule has 80 valence electrons. The molecule has 0 aliphatic carbocycles. The van der Waals surface area contributed by atoms with Gasteiger partial charge in [0.2, 0.25) is 9.84 Å². The van der Waals surface area contributed by atoms with E-state index >= 15 is 0 Å². The first-order chi connectivity index (χ1) is 6.93. The van der Waals surface area contributed by atoms with E-state index in [1.807, 2.05) is 0 Å². The van der Waals surface area contributed by atoms with Gasteiger partial charge in [-0.05, 0) is 18.6 Å². The molecule has 0 saturated heterocycles. The summed E-state index contributed by atoms with van der Waals surface area (Å²) < 4.78 is 23.4. The molecular formula is C10H11NO3S. The van der Waals surface area contributed by atoms with E-state index in [4.69, 9.17) is 5.73 Å². The minimum Gasteiger partial charge on any atom is -0.507 e. The van der Waals surface area contributed by atoms with Crippen LogP contribution in [0.2, 0.25) is 0 Å². The van der Waals surface area contributed by atoms with E-state index in [-0.39, 0.29) is 16.7 Å². The molecule has 0 fully saturated rings. The van der Waals surface area contributed by atoms with Crippen LogP contribution < -0.4 is 5.73 Å². The molecule has 0 radical (unpaired) electrons. The van der Waals surface area contributed by atoms with E-state index in [1.165, 1.54) is 6.07 Å². The molecule has 1 aliphatic rings. The van der Waals surface area contributed by atoms with E-state index in [2.05, 4.69) is 0 Å². The van der Waals surface area contributed by atoms with Gasteiger partial charge in [0.1, 0.15) is 10.6 Å². The summed E-state index contributed by atoms with van der Waals surface area (Å²) in [5.41, 5.74) is 6.72. The largest absolute Gasteiger partial charge is 0.507 e. The smallest absolute Gasteiger partial charge is 0.204 e. The molecule has 1 aliphatic heterocycles. The van der Waals surface area contributed by atoms with E-state index in [9.17, 15) is 13.5 Å². The third kappa shape index (κ3) is 1.44. The summed E-state index contributed by atoms with van der Waals surface area (Å²) in [4.78, 5) is -0.0303. The molecule has 0 saturated carbocycles. The highest BCUT2D eigenvalue weighted by Gasteiger charge is 2.31. The molecule has 1 heterocycles. The molecule has 1 aromatic carbocycles. The van der Waals surface area contributed by atoms with Crippen LogP contribution in [0.3, 0.4) is 0 Å². The van der Waals surface area contributed by atoms with Crippen LogP contribution in [0.1, 0.15) is 12.5 Å². The molecule has 0 spiro atoms. The number of aromatic hydroxyl groups is 1. The highest BCUT2D eigenvalue weighted by Crippen LogP contribution is 2.39. The molecule has 0 aromatic heterocycles. The van der Waals surface area contributed by atoms with Gasteiger partial charge in [0, 0.05) is 17.0 Å². The van der Waals surface area contributed by atoms with Gasteiger partial charge in [-0.2, -0.15) is 0 Å². The maximum Gasteiger partial charge on any atom is 0.204 e. The van der Waals surface area contributed by atoms with Gasteiger partial charge in [-0.1, -0.05) is 12.1 Å². The number of nitrogens with two attached hydrogens (primary N) is 1. The van der Waals surface area contributed by atoms with Gasteiger partial charge in [0.25, 0.3) is 0 Å². The van der Waals surface area contributed by atoms with Gasteiger partial charge in [-0.25, -0.2) is 8.42 Å². The van der Waals surface area contributed by atoms with Crippen LogP contribution in [0, 0.1) is 0 Å². The Morgan fingerprint density at radius 3 is 2.67 bits per heavy atom. The van der Waals surface area contributed by atoms with Gasteiger partial charge in [0.15, 0.2) is 0 Å². The topological polar surface area (TPSA) is 80.4 Å². The number of hydrogen-bond donors (Lipinski definition) is 2. The monoisotopic (exact) mass is 225 g/mol. The fraction of sp³-hybridized carbons (Fsp3) is 0.200. The first kappa shape index (κ1) is 10.2. The first-order valence-electron chi connectivity index (χ1n) is 4.48. The van der Waals surface area contributed by atoms with Crippen molar-refractivity contribution in [3.05, 3.63) is 29.2 Å². The Morgan fingerprint density at radius 1 is 1.40 bits per heavy atom. The van der Waals surface area contributed by atoms with Crippen LogP contribution in [0.5, 0.6) is 5.75 Å². The lowest BCUT2D eigenvalue weighted by Gasteiger charge is -2.07. The zero-order chi connectivity index (χ0) is 11.2. The van der Waals surface area contributed by atoms with E-state index in [0.29, 0.717) is 11.1 Å². The third-order valence-corrected chi connectivity index (χ3v) is 3.92. The lowest BCUT2D eigenvalue weighted by Crippen LogP contribution is -2.15. The summed E-state index contributed by atoms with van der Waals surface area (Å²) in [6, 6.07) is 4.23. The number of phenols is 1. The third-order valence-electron chi connectivity index (χ3n) is 2.36. The second-order valence-electron chi connectivity index (χ2n) is 3.56. The lowest BCUT2D eigenvalue weighted by atomic mass is 10.0. The summed E-state index contributed by atoms with van der Waals surface area (Å²) in [7, 11) is -3.52. The van der Waals surface area contributed by atoms with Crippen LogP contribution in [-0.2, 0) is 9.84 Å². The minimum atomic E-state index is -3.52. The molecule has 0 amide bonds. The number of benzene rings is 1. The Bertz CT molecular complexity index is 544. The summed E-state index contributed by atoms with van der Waals surface area (Å²) in [6.45, 7) is 1.71. The van der Waals surface area contributed by atoms with Crippen molar-refractivity contribution in [3.63, 3.8) is 0 Å². The molecule has 5 heteroatoms. The second kappa shape index (κ2) is 3.08. The van der Waals surface area contributed by atoms with Crippen molar-refractivity contribution >= 4 is 15.4 Å². The minimum absolute atomic E-state index is 0.0303. The standard InChI is InChI=1S/C10H11NO3S/c1-6(11)8-5-15(13,14)10-7(8)3-2-4-9(10)12/h2-6,12H,11H2,1H3. The predicted octanol–water partition coefficient (Wildman–Crippen LogP) is 0.868. The Balaban J connectivity index is 2.79. The van der Waals surface area contributed by atoms with Crippen molar-refractivity contribution in [2.45, 2.75) is 17.9 Å². The second-order valence-corrected chi connectivity index (χ2v) is 5.29. The average molecular weight is 225 g/mol. The van der Waals surface area contributed by atoms with Crippen molar-refractivity contribution in [1.29, 1.82) is 0 Å². The fourth-order valence-corrected chi connectivity index (χ4v) is 3.34. The molecule has 2 rings (SSSR count). The van der Waals surface area contributed by atoms with Gasteiger partial charge < -0.3 is 10.8 Å². The Labute approximate surface area is 88.0 Å². The predicted molar refractivity (Wildman–Crippen MR) is 56.9 cm³/mol. The molecular weight excluding hydrogens is 214 g/mol. The Hall–Kier alpha value is -1.33. The van der Waals surface area contributed by atoms with Crippen molar-refractivity contribution in [2.24, 2.45) is 5.73 Å². The van der Waals surface area contributed by atoms with Gasteiger partial charge in [-0.15, -0.1) is 0 Å². The van der Waals surface area contributed by atoms with E-state index in [1.54, 1.807) is 19.1 Å². The van der Waals surface area contributed by atoms with Crippen LogP contribution in [0.15, 0.2) is 28.5 Å². The number of fused-ring (bicyclic) bond motifs is 1. The zero-order valence-corrected chi connectivity index (χ0v) is 8.95. The summed E-state index contributed by atoms with van der Waals surface area (Å²) in [5.74, 6) is -0.223. The fourth-order valence-electron chi connectivity index (χ4n) is 1.69. The Kier molecular flexibility index (Phi) is 2.09. The number of hydrogen-bond acceptors (Lipinski definition) is 4. The summed E-state index contributed by atoms with van der Waals surface area (Å²) >= 11 is 0. The first-order valence-corrected chi connectivity index (χ1v) is 6.03. The van der Waals surface area contributed by atoms with Crippen LogP contribution in [0.25, 0.3) is 5.57 Å². The number of rotatable bonds is 1. The van der Waals surface area contributed by atoms with Crippen molar-refractivity contribution < 1.29 is 13.5 Å². The van der Waals surface area contributed by atoms with Gasteiger partial charge in [-0.3, -0.25) is 0 Å². The SMILES string of the molecule is CC(N)C1=CS(=O)(=O)c2c(O)cccc21. The maximum atomic E-state index is 11.7. The molecule has 15 heavy (non-hydrogen) atoms. The molecule has 1 aromatic rings. The van der Waals surface area contributed by atoms with Gasteiger partial charge >= 0.3 is 0 Å². The molecule has 4 nitrogen and oxygen atoms in total. The van der Waals surface area contributed by atoms with Crippen LogP contribution in [0.4, 0.5) is 0 Å². The van der Waals surface area contributed by atoms with Crippen LogP contribution >= 0.6 is 0 Å². The van der Waals surface area contributed by atoms with Gasteiger partial charge in [0.05, 0.1) is 0 Å². The highest BCUT2D eigenvalue weighted by molar-refractivity contribution is 7.95. The quantitative estimate of drug-likeness (QED) is 0.743. The Morgan fingerprint density at radius 2 is 2.07 bits per heavy atom. The van der Waals surface area contributed by atoms with E-state index < -0.39 is 9.84 Å². The van der Waals surface area contributed by atoms with Crippen molar-refractivity contribution in [3.8, 4) is 5.75 Å². The summed E-state index contributed by atoms with van der Waals surface area (Å²) in [5, 5.41) is 10.6. The maximum absolute atomic E-state index is 11.7. The van der Waals surface area contributed by atoms with Crippen LogP contribution in [-0.4, -0.2) is 19.6 Å². The number of phenolic OH excluding ortho intramolecular Hbond substituents is 1.